The highest BCUT2D eigenvalue weighted by molar-refractivity contribution is 7.91. The van der Waals surface area contributed by atoms with Gasteiger partial charge in [-0.1, -0.05) is 0 Å². The summed E-state index contributed by atoms with van der Waals surface area (Å²) in [5, 5.41) is 2.66. The van der Waals surface area contributed by atoms with E-state index in [1.807, 2.05) is 6.92 Å². The third-order valence-corrected chi connectivity index (χ3v) is 7.31. The number of carbonyl (C=O) groups is 2. The van der Waals surface area contributed by atoms with E-state index in [0.29, 0.717) is 4.21 Å². The van der Waals surface area contributed by atoms with Crippen LogP contribution in [-0.2, 0) is 19.6 Å². The number of hydrogen-bond donors (Lipinski definition) is 1. The molecule has 1 aliphatic carbocycles. The molecule has 0 unspecified atom stereocenters. The van der Waals surface area contributed by atoms with Gasteiger partial charge < -0.3 is 10.2 Å². The van der Waals surface area contributed by atoms with Crippen LogP contribution in [0.15, 0.2) is 16.3 Å². The fraction of sp³-hybridized carbons (Fsp3) is 0.571. The number of aryl methyl sites for hydroxylation is 1. The van der Waals surface area contributed by atoms with Crippen molar-refractivity contribution in [2.75, 3.05) is 26.2 Å². The van der Waals surface area contributed by atoms with Crippen molar-refractivity contribution < 1.29 is 18.0 Å². The molecule has 2 heterocycles. The lowest BCUT2D eigenvalue weighted by molar-refractivity contribution is -0.146. The van der Waals surface area contributed by atoms with Crippen molar-refractivity contribution in [2.24, 2.45) is 0 Å². The monoisotopic (exact) mass is 357 g/mol. The summed E-state index contributed by atoms with van der Waals surface area (Å²) < 4.78 is 26.7. The standard InChI is InChI=1S/C14H19N3O4S2/c1-10-2-5-12(22-10)23(20,21)17-8-6-16(7-9-17)14(19)13(18)15-11-3-4-11/h2,5,11H,3-4,6-9H2,1H3,(H,15,18). The van der Waals surface area contributed by atoms with Gasteiger partial charge in [-0.3, -0.25) is 9.59 Å². The number of hydrogen-bond acceptors (Lipinski definition) is 5. The zero-order valence-electron chi connectivity index (χ0n) is 12.8. The molecular formula is C14H19N3O4S2. The molecule has 0 radical (unpaired) electrons. The highest BCUT2D eigenvalue weighted by Gasteiger charge is 2.34. The van der Waals surface area contributed by atoms with Gasteiger partial charge in [0.25, 0.3) is 10.0 Å². The first-order valence-electron chi connectivity index (χ1n) is 7.54. The zero-order valence-corrected chi connectivity index (χ0v) is 14.5. The van der Waals surface area contributed by atoms with Crippen LogP contribution in [0.3, 0.4) is 0 Å². The Morgan fingerprint density at radius 2 is 1.83 bits per heavy atom. The van der Waals surface area contributed by atoms with Gasteiger partial charge in [0.05, 0.1) is 0 Å². The summed E-state index contributed by atoms with van der Waals surface area (Å²) in [7, 11) is -3.51. The number of carbonyl (C=O) groups excluding carboxylic acids is 2. The Kier molecular flexibility index (Phi) is 4.43. The number of piperazine rings is 1. The molecule has 0 bridgehead atoms. The summed E-state index contributed by atoms with van der Waals surface area (Å²) in [5.41, 5.74) is 0. The largest absolute Gasteiger partial charge is 0.345 e. The van der Waals surface area contributed by atoms with Crippen LogP contribution in [-0.4, -0.2) is 61.7 Å². The Morgan fingerprint density at radius 3 is 2.35 bits per heavy atom. The predicted octanol–water partition coefficient (Wildman–Crippen LogP) is 0.168. The van der Waals surface area contributed by atoms with E-state index < -0.39 is 21.8 Å². The second-order valence-corrected chi connectivity index (χ2v) is 9.26. The van der Waals surface area contributed by atoms with E-state index in [-0.39, 0.29) is 32.2 Å². The van der Waals surface area contributed by atoms with E-state index >= 15 is 0 Å². The topological polar surface area (TPSA) is 86.8 Å². The van der Waals surface area contributed by atoms with Crippen LogP contribution in [0.5, 0.6) is 0 Å². The maximum absolute atomic E-state index is 12.5. The van der Waals surface area contributed by atoms with Crippen LogP contribution >= 0.6 is 11.3 Å². The smallest absolute Gasteiger partial charge is 0.311 e. The third kappa shape index (κ3) is 3.56. The Bertz CT molecular complexity index is 716. The van der Waals surface area contributed by atoms with Crippen LogP contribution in [0.4, 0.5) is 0 Å². The average molecular weight is 357 g/mol. The normalized spacial score (nSPS) is 19.6. The van der Waals surface area contributed by atoms with Crippen LogP contribution < -0.4 is 5.32 Å². The zero-order chi connectivity index (χ0) is 16.6. The third-order valence-electron chi connectivity index (χ3n) is 3.94. The van der Waals surface area contributed by atoms with Gasteiger partial charge in [0.2, 0.25) is 0 Å². The van der Waals surface area contributed by atoms with Crippen molar-refractivity contribution in [3.63, 3.8) is 0 Å². The van der Waals surface area contributed by atoms with E-state index in [1.54, 1.807) is 12.1 Å². The van der Waals surface area contributed by atoms with Crippen LogP contribution in [0.25, 0.3) is 0 Å². The van der Waals surface area contributed by atoms with Crippen molar-refractivity contribution in [1.29, 1.82) is 0 Å². The van der Waals surface area contributed by atoms with E-state index in [2.05, 4.69) is 5.32 Å². The molecule has 0 aromatic carbocycles. The molecule has 0 spiro atoms. The van der Waals surface area contributed by atoms with Crippen molar-refractivity contribution in [2.45, 2.75) is 30.0 Å². The van der Waals surface area contributed by atoms with Crippen LogP contribution in [0.2, 0.25) is 0 Å². The lowest BCUT2D eigenvalue weighted by atomic mass is 10.3. The molecule has 2 aliphatic rings. The second-order valence-electron chi connectivity index (χ2n) is 5.81. The van der Waals surface area contributed by atoms with E-state index in [9.17, 15) is 18.0 Å². The molecule has 7 nitrogen and oxygen atoms in total. The van der Waals surface area contributed by atoms with E-state index in [4.69, 9.17) is 0 Å². The molecule has 9 heteroatoms. The maximum atomic E-state index is 12.5. The predicted molar refractivity (Wildman–Crippen MR) is 85.6 cm³/mol. The van der Waals surface area contributed by atoms with Crippen LogP contribution in [0.1, 0.15) is 17.7 Å². The minimum absolute atomic E-state index is 0.134. The summed E-state index contributed by atoms with van der Waals surface area (Å²) >= 11 is 1.24. The van der Waals surface area contributed by atoms with Gasteiger partial charge in [0.15, 0.2) is 0 Å². The molecule has 1 aromatic heterocycles. The Morgan fingerprint density at radius 1 is 1.17 bits per heavy atom. The van der Waals surface area contributed by atoms with Crippen molar-refractivity contribution in [3.8, 4) is 0 Å². The average Bonchev–Trinajstić information content (AvgIpc) is 3.23. The molecule has 126 valence electrons. The maximum Gasteiger partial charge on any atom is 0.311 e. The molecule has 3 rings (SSSR count). The Hall–Kier alpha value is -1.45. The first-order chi connectivity index (χ1) is 10.9. The number of rotatable bonds is 3. The van der Waals surface area contributed by atoms with Crippen molar-refractivity contribution in [3.05, 3.63) is 17.0 Å². The first-order valence-corrected chi connectivity index (χ1v) is 9.80. The highest BCUT2D eigenvalue weighted by atomic mass is 32.2. The van der Waals surface area contributed by atoms with E-state index in [1.165, 1.54) is 20.5 Å². The Labute approximate surface area is 139 Å². The second kappa shape index (κ2) is 6.21. The van der Waals surface area contributed by atoms with Gasteiger partial charge in [0, 0.05) is 37.1 Å². The summed E-state index contributed by atoms with van der Waals surface area (Å²) in [6.45, 7) is 2.75. The van der Waals surface area contributed by atoms with Gasteiger partial charge in [-0.2, -0.15) is 4.31 Å². The number of nitrogens with one attached hydrogen (secondary N) is 1. The van der Waals surface area contributed by atoms with Gasteiger partial charge in [0.1, 0.15) is 4.21 Å². The van der Waals surface area contributed by atoms with Gasteiger partial charge >= 0.3 is 11.8 Å². The number of nitrogens with zero attached hydrogens (tertiary/aromatic N) is 2. The highest BCUT2D eigenvalue weighted by Crippen LogP contribution is 2.25. The number of thiophene rings is 1. The SMILES string of the molecule is Cc1ccc(S(=O)(=O)N2CCN(C(=O)C(=O)NC3CC3)CC2)s1. The minimum Gasteiger partial charge on any atom is -0.345 e. The lowest BCUT2D eigenvalue weighted by Gasteiger charge is -2.33. The molecule has 0 atom stereocenters. The molecule has 1 aliphatic heterocycles. The van der Waals surface area contributed by atoms with Crippen molar-refractivity contribution >= 4 is 33.2 Å². The molecule has 1 aromatic rings. The molecule has 23 heavy (non-hydrogen) atoms. The molecule has 1 N–H and O–H groups in total. The van der Waals surface area contributed by atoms with Gasteiger partial charge in [-0.25, -0.2) is 8.42 Å². The molecule has 2 amide bonds. The van der Waals surface area contributed by atoms with Crippen molar-refractivity contribution in [1.82, 2.24) is 14.5 Å². The molecule has 2 fully saturated rings. The van der Waals surface area contributed by atoms with Gasteiger partial charge in [-0.05, 0) is 31.9 Å². The minimum atomic E-state index is -3.51. The van der Waals surface area contributed by atoms with Gasteiger partial charge in [-0.15, -0.1) is 11.3 Å². The lowest BCUT2D eigenvalue weighted by Crippen LogP contribution is -2.53. The fourth-order valence-corrected chi connectivity index (χ4v) is 5.29. The summed E-state index contributed by atoms with van der Waals surface area (Å²) in [6.07, 6.45) is 1.84. The number of sulfonamides is 1. The number of amides is 2. The Balaban J connectivity index is 1.59. The van der Waals surface area contributed by atoms with E-state index in [0.717, 1.165) is 17.7 Å². The van der Waals surface area contributed by atoms with Crippen LogP contribution in [0, 0.1) is 6.92 Å². The summed E-state index contributed by atoms with van der Waals surface area (Å²) in [5.74, 6) is -1.15. The summed E-state index contributed by atoms with van der Waals surface area (Å²) in [4.78, 5) is 26.2. The molecular weight excluding hydrogens is 338 g/mol. The quantitative estimate of drug-likeness (QED) is 0.781. The first kappa shape index (κ1) is 16.4. The fourth-order valence-electron chi connectivity index (χ4n) is 2.43. The summed E-state index contributed by atoms with van der Waals surface area (Å²) in [6, 6.07) is 3.52. The molecule has 1 saturated carbocycles. The molecule has 1 saturated heterocycles.